The average molecular weight is 241 g/mol. The smallest absolute Gasteiger partial charge is 0.0429 e. The van der Waals surface area contributed by atoms with Gasteiger partial charge in [0.2, 0.25) is 0 Å². The number of hydrogen-bond acceptors (Lipinski definition) is 1. The van der Waals surface area contributed by atoms with Gasteiger partial charge in [0, 0.05) is 11.1 Å². The maximum Gasteiger partial charge on any atom is 0.0429 e. The maximum absolute atomic E-state index is 6.32. The molecule has 0 saturated heterocycles. The van der Waals surface area contributed by atoms with Gasteiger partial charge < -0.3 is 5.73 Å². The largest absolute Gasteiger partial charge is 0.398 e. The molecule has 2 rings (SSSR count). The average Bonchev–Trinajstić information content (AvgIpc) is 2.39. The Balaban J connectivity index is 2.25. The molecule has 0 aliphatic heterocycles. The normalized spacial score (nSPS) is 12.8. The second-order valence-corrected chi connectivity index (χ2v) is 5.19. The van der Waals surface area contributed by atoms with Gasteiger partial charge in [-0.2, -0.15) is 0 Å². The Labute approximate surface area is 110 Å². The summed E-state index contributed by atoms with van der Waals surface area (Å²) in [6, 6.07) is 12.8. The minimum Gasteiger partial charge on any atom is -0.398 e. The minimum absolute atomic E-state index is 0.557. The summed E-state index contributed by atoms with van der Waals surface area (Å²) in [6.45, 7) is 4.53. The van der Waals surface area contributed by atoms with E-state index < -0.39 is 0 Å². The Morgan fingerprint density at radius 1 is 1.06 bits per heavy atom. The summed E-state index contributed by atoms with van der Waals surface area (Å²) in [6.07, 6.45) is 5.12. The van der Waals surface area contributed by atoms with Crippen molar-refractivity contribution in [3.8, 4) is 0 Å². The molecule has 0 aliphatic carbocycles. The van der Waals surface area contributed by atoms with Gasteiger partial charge in [0.15, 0.2) is 0 Å². The molecular weight excluding hydrogens is 218 g/mol. The lowest BCUT2D eigenvalue weighted by molar-refractivity contribution is 0.599. The van der Waals surface area contributed by atoms with Crippen LogP contribution in [-0.2, 0) is 0 Å². The Bertz CT molecular complexity index is 516. The van der Waals surface area contributed by atoms with Gasteiger partial charge in [-0.05, 0) is 23.3 Å². The molecule has 2 aromatic rings. The molecule has 0 amide bonds. The van der Waals surface area contributed by atoms with Crippen molar-refractivity contribution < 1.29 is 0 Å². The van der Waals surface area contributed by atoms with Crippen molar-refractivity contribution in [2.45, 2.75) is 45.4 Å². The fourth-order valence-electron chi connectivity index (χ4n) is 2.60. The number of hydrogen-bond donors (Lipinski definition) is 1. The lowest BCUT2D eigenvalue weighted by Crippen LogP contribution is -2.00. The van der Waals surface area contributed by atoms with Crippen LogP contribution in [0.5, 0.6) is 0 Å². The van der Waals surface area contributed by atoms with Crippen LogP contribution in [0.1, 0.15) is 51.0 Å². The molecule has 2 N–H and O–H groups in total. The molecule has 18 heavy (non-hydrogen) atoms. The second-order valence-electron chi connectivity index (χ2n) is 5.19. The van der Waals surface area contributed by atoms with Crippen molar-refractivity contribution in [3.63, 3.8) is 0 Å². The molecule has 0 spiro atoms. The van der Waals surface area contributed by atoms with E-state index in [1.807, 2.05) is 0 Å². The zero-order valence-electron chi connectivity index (χ0n) is 11.4. The van der Waals surface area contributed by atoms with Crippen LogP contribution in [-0.4, -0.2) is 0 Å². The predicted octanol–water partition coefficient (Wildman–Crippen LogP) is 5.11. The fraction of sp³-hybridized carbons (Fsp3) is 0.412. The molecule has 0 aromatic heterocycles. The molecule has 0 saturated carbocycles. The summed E-state index contributed by atoms with van der Waals surface area (Å²) in [5.41, 5.74) is 8.60. The minimum atomic E-state index is 0.557. The van der Waals surface area contributed by atoms with E-state index in [9.17, 15) is 0 Å². The third kappa shape index (κ3) is 2.66. The summed E-state index contributed by atoms with van der Waals surface area (Å²) in [5.74, 6) is 0.557. The number of unbranched alkanes of at least 4 members (excludes halogenated alkanes) is 2. The van der Waals surface area contributed by atoms with Crippen molar-refractivity contribution in [2.75, 3.05) is 5.73 Å². The Morgan fingerprint density at radius 2 is 1.83 bits per heavy atom. The number of fused-ring (bicyclic) bond motifs is 1. The topological polar surface area (TPSA) is 26.0 Å². The molecule has 0 bridgehead atoms. The Kier molecular flexibility index (Phi) is 4.24. The van der Waals surface area contributed by atoms with Gasteiger partial charge in [0.25, 0.3) is 0 Å². The number of rotatable bonds is 5. The molecule has 1 atom stereocenters. The lowest BCUT2D eigenvalue weighted by Gasteiger charge is -2.16. The van der Waals surface area contributed by atoms with Crippen molar-refractivity contribution in [2.24, 2.45) is 0 Å². The van der Waals surface area contributed by atoms with Crippen LogP contribution in [0.15, 0.2) is 36.4 Å². The van der Waals surface area contributed by atoms with E-state index >= 15 is 0 Å². The molecule has 0 fully saturated rings. The van der Waals surface area contributed by atoms with Gasteiger partial charge in [-0.15, -0.1) is 0 Å². The van der Waals surface area contributed by atoms with E-state index in [2.05, 4.69) is 50.2 Å². The summed E-state index contributed by atoms with van der Waals surface area (Å²) < 4.78 is 0. The van der Waals surface area contributed by atoms with E-state index in [4.69, 9.17) is 5.73 Å². The van der Waals surface area contributed by atoms with E-state index in [0.29, 0.717) is 5.92 Å². The first-order valence-electron chi connectivity index (χ1n) is 7.01. The van der Waals surface area contributed by atoms with Gasteiger partial charge in [0.1, 0.15) is 0 Å². The van der Waals surface area contributed by atoms with E-state index in [1.165, 1.54) is 42.0 Å². The second kappa shape index (κ2) is 5.90. The summed E-state index contributed by atoms with van der Waals surface area (Å²) in [5, 5.41) is 2.43. The van der Waals surface area contributed by atoms with Crippen LogP contribution >= 0.6 is 0 Å². The number of anilines is 1. The van der Waals surface area contributed by atoms with Crippen LogP contribution in [0.4, 0.5) is 5.69 Å². The summed E-state index contributed by atoms with van der Waals surface area (Å²) in [7, 11) is 0. The molecule has 2 aromatic carbocycles. The first-order valence-corrected chi connectivity index (χ1v) is 7.01. The molecule has 0 aliphatic rings. The summed E-state index contributed by atoms with van der Waals surface area (Å²) in [4.78, 5) is 0. The zero-order valence-corrected chi connectivity index (χ0v) is 11.4. The SMILES string of the molecule is CCCCCC(C)c1ccc2ccccc2c1N. The standard InChI is InChI=1S/C17H23N/c1-3-4-5-8-13(2)15-12-11-14-9-6-7-10-16(14)17(15)18/h6-7,9-13H,3-5,8,18H2,1-2H3. The number of benzene rings is 2. The lowest BCUT2D eigenvalue weighted by atomic mass is 9.91. The van der Waals surface area contributed by atoms with Crippen molar-refractivity contribution >= 4 is 16.5 Å². The van der Waals surface area contributed by atoms with Gasteiger partial charge >= 0.3 is 0 Å². The van der Waals surface area contributed by atoms with Crippen molar-refractivity contribution in [1.29, 1.82) is 0 Å². The Morgan fingerprint density at radius 3 is 2.61 bits per heavy atom. The van der Waals surface area contributed by atoms with E-state index in [1.54, 1.807) is 0 Å². The van der Waals surface area contributed by atoms with Gasteiger partial charge in [-0.3, -0.25) is 0 Å². The molecule has 1 unspecified atom stereocenters. The number of nitrogen functional groups attached to an aromatic ring is 1. The highest BCUT2D eigenvalue weighted by Gasteiger charge is 2.10. The quantitative estimate of drug-likeness (QED) is 0.571. The van der Waals surface area contributed by atoms with Crippen LogP contribution in [0.2, 0.25) is 0 Å². The molecular formula is C17H23N. The van der Waals surface area contributed by atoms with Gasteiger partial charge in [-0.25, -0.2) is 0 Å². The predicted molar refractivity (Wildman–Crippen MR) is 80.9 cm³/mol. The highest BCUT2D eigenvalue weighted by atomic mass is 14.6. The van der Waals surface area contributed by atoms with Crippen LogP contribution in [0.3, 0.4) is 0 Å². The monoisotopic (exact) mass is 241 g/mol. The van der Waals surface area contributed by atoms with Crippen LogP contribution < -0.4 is 5.73 Å². The highest BCUT2D eigenvalue weighted by Crippen LogP contribution is 2.32. The summed E-state index contributed by atoms with van der Waals surface area (Å²) >= 11 is 0. The molecule has 0 radical (unpaired) electrons. The first kappa shape index (κ1) is 12.9. The molecule has 1 heteroatoms. The zero-order chi connectivity index (χ0) is 13.0. The fourth-order valence-corrected chi connectivity index (χ4v) is 2.60. The molecule has 96 valence electrons. The third-order valence-corrected chi connectivity index (χ3v) is 3.78. The van der Waals surface area contributed by atoms with E-state index in [-0.39, 0.29) is 0 Å². The maximum atomic E-state index is 6.32. The number of nitrogens with two attached hydrogens (primary N) is 1. The first-order chi connectivity index (χ1) is 8.74. The van der Waals surface area contributed by atoms with Gasteiger partial charge in [0.05, 0.1) is 0 Å². The van der Waals surface area contributed by atoms with Crippen molar-refractivity contribution in [1.82, 2.24) is 0 Å². The van der Waals surface area contributed by atoms with Crippen LogP contribution in [0.25, 0.3) is 10.8 Å². The Hall–Kier alpha value is -1.50. The van der Waals surface area contributed by atoms with E-state index in [0.717, 1.165) is 5.69 Å². The van der Waals surface area contributed by atoms with Gasteiger partial charge in [-0.1, -0.05) is 69.5 Å². The molecule has 1 nitrogen and oxygen atoms in total. The van der Waals surface area contributed by atoms with Crippen molar-refractivity contribution in [3.05, 3.63) is 42.0 Å². The highest BCUT2D eigenvalue weighted by molar-refractivity contribution is 5.94. The molecule has 0 heterocycles. The third-order valence-electron chi connectivity index (χ3n) is 3.78. The van der Waals surface area contributed by atoms with Crippen LogP contribution in [0, 0.1) is 0 Å².